The van der Waals surface area contributed by atoms with Crippen molar-refractivity contribution in [2.75, 3.05) is 6.61 Å². The first kappa shape index (κ1) is 13.8. The number of unbranched alkanes of at least 4 members (excludes halogenated alkanes) is 5. The SMILES string of the molecule is CCCCCCCCOC(=O)C(O)S. The lowest BCUT2D eigenvalue weighted by Gasteiger charge is -2.05. The van der Waals surface area contributed by atoms with Crippen molar-refractivity contribution in [1.82, 2.24) is 0 Å². The van der Waals surface area contributed by atoms with Crippen molar-refractivity contribution in [3.8, 4) is 0 Å². The van der Waals surface area contributed by atoms with E-state index >= 15 is 0 Å². The molecule has 0 saturated heterocycles. The number of carbonyl (C=O) groups excluding carboxylic acids is 1. The smallest absolute Gasteiger partial charge is 0.345 e. The molecular formula is C10H20O3S. The van der Waals surface area contributed by atoms with Crippen molar-refractivity contribution in [3.63, 3.8) is 0 Å². The minimum absolute atomic E-state index is 0.391. The zero-order valence-electron chi connectivity index (χ0n) is 8.74. The van der Waals surface area contributed by atoms with Crippen LogP contribution in [0.1, 0.15) is 45.4 Å². The average Bonchev–Trinajstić information content (AvgIpc) is 2.16. The molecule has 0 spiro atoms. The van der Waals surface area contributed by atoms with Crippen LogP contribution in [0.2, 0.25) is 0 Å². The van der Waals surface area contributed by atoms with E-state index in [1.807, 2.05) is 0 Å². The van der Waals surface area contributed by atoms with Crippen molar-refractivity contribution in [3.05, 3.63) is 0 Å². The van der Waals surface area contributed by atoms with Gasteiger partial charge in [0.15, 0.2) is 5.44 Å². The molecule has 0 aromatic rings. The molecule has 4 heteroatoms. The Bertz CT molecular complexity index is 148. The summed E-state index contributed by atoms with van der Waals surface area (Å²) in [6, 6.07) is 0. The van der Waals surface area contributed by atoms with Crippen LogP contribution >= 0.6 is 12.6 Å². The normalized spacial score (nSPS) is 12.5. The molecule has 3 nitrogen and oxygen atoms in total. The predicted molar refractivity (Wildman–Crippen MR) is 59.3 cm³/mol. The Kier molecular flexibility index (Phi) is 9.19. The first-order chi connectivity index (χ1) is 6.68. The third kappa shape index (κ3) is 8.38. The maximum absolute atomic E-state index is 10.7. The Morgan fingerprint density at radius 2 is 1.86 bits per heavy atom. The molecule has 0 rings (SSSR count). The molecule has 84 valence electrons. The molecule has 0 aliphatic carbocycles. The van der Waals surface area contributed by atoms with Gasteiger partial charge in [-0.05, 0) is 6.42 Å². The topological polar surface area (TPSA) is 46.5 Å². The van der Waals surface area contributed by atoms with Crippen LogP contribution in [0.25, 0.3) is 0 Å². The Morgan fingerprint density at radius 3 is 2.43 bits per heavy atom. The van der Waals surface area contributed by atoms with Gasteiger partial charge in [0.05, 0.1) is 6.61 Å². The van der Waals surface area contributed by atoms with Gasteiger partial charge in [-0.25, -0.2) is 4.79 Å². The van der Waals surface area contributed by atoms with Crippen LogP contribution in [0.4, 0.5) is 0 Å². The molecule has 0 saturated carbocycles. The van der Waals surface area contributed by atoms with E-state index < -0.39 is 11.4 Å². The summed E-state index contributed by atoms with van der Waals surface area (Å²) in [6.07, 6.45) is 6.90. The first-order valence-corrected chi connectivity index (χ1v) is 5.73. The molecule has 0 aromatic heterocycles. The van der Waals surface area contributed by atoms with E-state index in [9.17, 15) is 4.79 Å². The summed E-state index contributed by atoms with van der Waals surface area (Å²) in [5.41, 5.74) is -1.30. The number of aliphatic hydroxyl groups excluding tert-OH is 1. The highest BCUT2D eigenvalue weighted by atomic mass is 32.1. The number of ether oxygens (including phenoxy) is 1. The van der Waals surface area contributed by atoms with Gasteiger partial charge in [-0.15, -0.1) is 12.6 Å². The molecule has 0 amide bonds. The maximum Gasteiger partial charge on any atom is 0.345 e. The average molecular weight is 220 g/mol. The van der Waals surface area contributed by atoms with Crippen molar-refractivity contribution < 1.29 is 14.6 Å². The van der Waals surface area contributed by atoms with E-state index in [0.717, 1.165) is 12.8 Å². The van der Waals surface area contributed by atoms with Crippen LogP contribution in [0.5, 0.6) is 0 Å². The quantitative estimate of drug-likeness (QED) is 0.285. The fraction of sp³-hybridized carbons (Fsp3) is 0.900. The summed E-state index contributed by atoms with van der Waals surface area (Å²) in [5, 5.41) is 8.68. The van der Waals surface area contributed by atoms with E-state index in [-0.39, 0.29) is 0 Å². The molecule has 0 aliphatic heterocycles. The highest BCUT2D eigenvalue weighted by Crippen LogP contribution is 2.05. The summed E-state index contributed by atoms with van der Waals surface area (Å²) >= 11 is 3.55. The van der Waals surface area contributed by atoms with Crippen molar-refractivity contribution >= 4 is 18.6 Å². The minimum atomic E-state index is -1.30. The van der Waals surface area contributed by atoms with E-state index in [4.69, 9.17) is 9.84 Å². The fourth-order valence-electron chi connectivity index (χ4n) is 1.13. The summed E-state index contributed by atoms with van der Waals surface area (Å²) in [4.78, 5) is 10.7. The van der Waals surface area contributed by atoms with Gasteiger partial charge in [0.1, 0.15) is 0 Å². The van der Waals surface area contributed by atoms with Crippen molar-refractivity contribution in [2.24, 2.45) is 0 Å². The first-order valence-electron chi connectivity index (χ1n) is 5.21. The Morgan fingerprint density at radius 1 is 1.29 bits per heavy atom. The van der Waals surface area contributed by atoms with Crippen LogP contribution in [0.3, 0.4) is 0 Å². The van der Waals surface area contributed by atoms with Gasteiger partial charge in [-0.2, -0.15) is 0 Å². The van der Waals surface area contributed by atoms with Crippen molar-refractivity contribution in [2.45, 2.75) is 50.9 Å². The van der Waals surface area contributed by atoms with Gasteiger partial charge in [0.2, 0.25) is 0 Å². The molecule has 0 heterocycles. The lowest BCUT2D eigenvalue weighted by molar-refractivity contribution is -0.148. The summed E-state index contributed by atoms with van der Waals surface area (Å²) in [6.45, 7) is 2.57. The number of rotatable bonds is 8. The molecule has 0 aromatic carbocycles. The summed E-state index contributed by atoms with van der Waals surface area (Å²) in [5.74, 6) is -0.651. The molecule has 1 N–H and O–H groups in total. The standard InChI is InChI=1S/C10H20O3S/c1-2-3-4-5-6-7-8-13-9(11)10(12)14/h10,12,14H,2-8H2,1H3. The zero-order chi connectivity index (χ0) is 10.8. The lowest BCUT2D eigenvalue weighted by Crippen LogP contribution is -2.17. The van der Waals surface area contributed by atoms with Gasteiger partial charge < -0.3 is 9.84 Å². The molecule has 0 bridgehead atoms. The Balaban J connectivity index is 3.10. The number of esters is 1. The minimum Gasteiger partial charge on any atom is -0.463 e. The highest BCUT2D eigenvalue weighted by molar-refractivity contribution is 7.81. The van der Waals surface area contributed by atoms with E-state index in [2.05, 4.69) is 19.6 Å². The third-order valence-corrected chi connectivity index (χ3v) is 2.16. The van der Waals surface area contributed by atoms with Crippen LogP contribution in [-0.4, -0.2) is 23.1 Å². The van der Waals surface area contributed by atoms with Gasteiger partial charge in [-0.3, -0.25) is 0 Å². The van der Waals surface area contributed by atoms with Crippen molar-refractivity contribution in [1.29, 1.82) is 0 Å². The van der Waals surface area contributed by atoms with Crippen LogP contribution in [0, 0.1) is 0 Å². The molecule has 1 atom stereocenters. The largest absolute Gasteiger partial charge is 0.463 e. The third-order valence-electron chi connectivity index (χ3n) is 1.95. The van der Waals surface area contributed by atoms with Gasteiger partial charge in [-0.1, -0.05) is 39.0 Å². The summed E-state index contributed by atoms with van der Waals surface area (Å²) < 4.78 is 4.74. The monoisotopic (exact) mass is 220 g/mol. The number of hydrogen-bond donors (Lipinski definition) is 2. The van der Waals surface area contributed by atoms with Gasteiger partial charge >= 0.3 is 5.97 Å². The van der Waals surface area contributed by atoms with E-state index in [1.165, 1.54) is 25.7 Å². The Hall–Kier alpha value is -0.220. The zero-order valence-corrected chi connectivity index (χ0v) is 9.63. The number of thiol groups is 1. The van der Waals surface area contributed by atoms with Crippen LogP contribution in [0.15, 0.2) is 0 Å². The fourth-order valence-corrected chi connectivity index (χ4v) is 1.20. The molecule has 0 fully saturated rings. The Labute approximate surface area is 91.2 Å². The second kappa shape index (κ2) is 9.34. The maximum atomic E-state index is 10.7. The van der Waals surface area contributed by atoms with E-state index in [0.29, 0.717) is 6.61 Å². The molecule has 0 radical (unpaired) electrons. The van der Waals surface area contributed by atoms with Gasteiger partial charge in [0.25, 0.3) is 0 Å². The number of aliphatic hydroxyl groups is 1. The molecule has 1 unspecified atom stereocenters. The lowest BCUT2D eigenvalue weighted by atomic mass is 10.1. The molecule has 0 aliphatic rings. The number of carbonyl (C=O) groups is 1. The second-order valence-corrected chi connectivity index (χ2v) is 3.80. The van der Waals surface area contributed by atoms with E-state index in [1.54, 1.807) is 0 Å². The second-order valence-electron chi connectivity index (χ2n) is 3.31. The van der Waals surface area contributed by atoms with Crippen LogP contribution in [-0.2, 0) is 9.53 Å². The van der Waals surface area contributed by atoms with Crippen LogP contribution < -0.4 is 0 Å². The highest BCUT2D eigenvalue weighted by Gasteiger charge is 2.09. The molecule has 14 heavy (non-hydrogen) atoms. The van der Waals surface area contributed by atoms with Gasteiger partial charge in [0, 0.05) is 0 Å². The summed E-state index contributed by atoms with van der Waals surface area (Å²) in [7, 11) is 0. The molecular weight excluding hydrogens is 200 g/mol. The predicted octanol–water partition coefficient (Wildman–Crippen LogP) is 2.14. The number of hydrogen-bond acceptors (Lipinski definition) is 4.